The van der Waals surface area contributed by atoms with Crippen molar-refractivity contribution < 1.29 is 18.8 Å². The molecular formula is C20H17ClN2O4. The molecule has 0 bridgehead atoms. The van der Waals surface area contributed by atoms with Crippen molar-refractivity contribution in [2.45, 2.75) is 13.5 Å². The van der Waals surface area contributed by atoms with E-state index < -0.39 is 5.97 Å². The SMILES string of the molecule is CCOc1ccccc1/C=C/C(=O)OCc1nc(-c2cccc(Cl)c2)no1. The Morgan fingerprint density at radius 2 is 2.07 bits per heavy atom. The van der Waals surface area contributed by atoms with Gasteiger partial charge in [0.05, 0.1) is 6.61 Å². The van der Waals surface area contributed by atoms with Gasteiger partial charge < -0.3 is 14.0 Å². The molecule has 1 aromatic heterocycles. The molecule has 3 aromatic rings. The largest absolute Gasteiger partial charge is 0.493 e. The Morgan fingerprint density at radius 3 is 2.89 bits per heavy atom. The Labute approximate surface area is 161 Å². The van der Waals surface area contributed by atoms with Crippen molar-refractivity contribution in [2.75, 3.05) is 6.61 Å². The van der Waals surface area contributed by atoms with Gasteiger partial charge in [-0.3, -0.25) is 0 Å². The Bertz CT molecular complexity index is 952. The first-order chi connectivity index (χ1) is 13.2. The molecule has 0 spiro atoms. The molecule has 0 unspecified atom stereocenters. The fourth-order valence-corrected chi connectivity index (χ4v) is 2.49. The zero-order valence-corrected chi connectivity index (χ0v) is 15.3. The van der Waals surface area contributed by atoms with Crippen molar-refractivity contribution in [2.24, 2.45) is 0 Å². The van der Waals surface area contributed by atoms with Gasteiger partial charge in [0.1, 0.15) is 5.75 Å². The van der Waals surface area contributed by atoms with Crippen LogP contribution < -0.4 is 4.74 Å². The second-order valence-corrected chi connectivity index (χ2v) is 5.87. The van der Waals surface area contributed by atoms with E-state index in [0.717, 1.165) is 11.1 Å². The summed E-state index contributed by atoms with van der Waals surface area (Å²) < 4.78 is 15.7. The molecule has 0 atom stereocenters. The number of hydrogen-bond acceptors (Lipinski definition) is 6. The van der Waals surface area contributed by atoms with Crippen LogP contribution in [-0.2, 0) is 16.1 Å². The van der Waals surface area contributed by atoms with Gasteiger partial charge >= 0.3 is 5.97 Å². The molecule has 138 valence electrons. The highest BCUT2D eigenvalue weighted by atomic mass is 35.5. The maximum absolute atomic E-state index is 11.9. The number of nitrogens with zero attached hydrogens (tertiary/aromatic N) is 2. The second-order valence-electron chi connectivity index (χ2n) is 5.43. The normalized spacial score (nSPS) is 10.9. The molecule has 1 heterocycles. The Morgan fingerprint density at radius 1 is 1.22 bits per heavy atom. The lowest BCUT2D eigenvalue weighted by molar-refractivity contribution is -0.139. The quantitative estimate of drug-likeness (QED) is 0.439. The van der Waals surface area contributed by atoms with Crippen LogP contribution in [0.5, 0.6) is 5.75 Å². The molecule has 2 aromatic carbocycles. The van der Waals surface area contributed by atoms with Gasteiger partial charge in [0.25, 0.3) is 5.89 Å². The highest BCUT2D eigenvalue weighted by Crippen LogP contribution is 2.21. The molecule has 0 amide bonds. The van der Waals surface area contributed by atoms with E-state index >= 15 is 0 Å². The van der Waals surface area contributed by atoms with Crippen LogP contribution in [0.1, 0.15) is 18.4 Å². The van der Waals surface area contributed by atoms with Crippen LogP contribution >= 0.6 is 11.6 Å². The molecule has 3 rings (SSSR count). The fraction of sp³-hybridized carbons (Fsp3) is 0.150. The van der Waals surface area contributed by atoms with Gasteiger partial charge in [-0.25, -0.2) is 4.79 Å². The molecule has 0 aliphatic rings. The number of carbonyl (C=O) groups excluding carboxylic acids is 1. The van der Waals surface area contributed by atoms with Crippen molar-refractivity contribution >= 4 is 23.6 Å². The first-order valence-electron chi connectivity index (χ1n) is 8.31. The lowest BCUT2D eigenvalue weighted by Crippen LogP contribution is -2.01. The second kappa shape index (κ2) is 9.00. The van der Waals surface area contributed by atoms with Crippen LogP contribution in [0.3, 0.4) is 0 Å². The summed E-state index contributed by atoms with van der Waals surface area (Å²) in [5.41, 5.74) is 1.51. The van der Waals surface area contributed by atoms with Crippen molar-refractivity contribution in [1.29, 1.82) is 0 Å². The predicted octanol–water partition coefficient (Wildman–Crippen LogP) is 4.55. The highest BCUT2D eigenvalue weighted by molar-refractivity contribution is 6.30. The Kier molecular flexibility index (Phi) is 6.22. The van der Waals surface area contributed by atoms with Crippen LogP contribution in [0, 0.1) is 0 Å². The molecule has 6 nitrogen and oxygen atoms in total. The first kappa shape index (κ1) is 18.7. The van der Waals surface area contributed by atoms with Gasteiger partial charge in [-0.2, -0.15) is 4.98 Å². The number of hydrogen-bond donors (Lipinski definition) is 0. The van der Waals surface area contributed by atoms with Gasteiger partial charge in [-0.1, -0.05) is 47.1 Å². The summed E-state index contributed by atoms with van der Waals surface area (Å²) >= 11 is 5.95. The number of benzene rings is 2. The van der Waals surface area contributed by atoms with E-state index in [4.69, 9.17) is 25.6 Å². The number of carbonyl (C=O) groups is 1. The number of rotatable bonds is 7. The minimum Gasteiger partial charge on any atom is -0.493 e. The van der Waals surface area contributed by atoms with E-state index in [1.54, 1.807) is 24.3 Å². The molecule has 0 saturated heterocycles. The summed E-state index contributed by atoms with van der Waals surface area (Å²) in [5, 5.41) is 4.43. The summed E-state index contributed by atoms with van der Waals surface area (Å²) in [6, 6.07) is 14.5. The van der Waals surface area contributed by atoms with Gasteiger partial charge in [-0.05, 0) is 31.2 Å². The van der Waals surface area contributed by atoms with Crippen molar-refractivity contribution in [3.63, 3.8) is 0 Å². The van der Waals surface area contributed by atoms with Gasteiger partial charge in [0.15, 0.2) is 6.61 Å². The van der Waals surface area contributed by atoms with E-state index in [-0.39, 0.29) is 12.5 Å². The number of aromatic nitrogens is 2. The molecule has 0 fully saturated rings. The van der Waals surface area contributed by atoms with Gasteiger partial charge in [0.2, 0.25) is 5.82 Å². The summed E-state index contributed by atoms with van der Waals surface area (Å²) in [6.07, 6.45) is 2.96. The number of para-hydroxylation sites is 1. The molecule has 27 heavy (non-hydrogen) atoms. The molecule has 0 saturated carbocycles. The third-order valence-electron chi connectivity index (χ3n) is 3.51. The Hall–Kier alpha value is -3.12. The minimum atomic E-state index is -0.524. The number of halogens is 1. The third-order valence-corrected chi connectivity index (χ3v) is 3.74. The lowest BCUT2D eigenvalue weighted by atomic mass is 10.2. The standard InChI is InChI=1S/C20H17ClN2O4/c1-2-25-17-9-4-3-6-14(17)10-11-19(24)26-13-18-22-20(23-27-18)15-7-5-8-16(21)12-15/h3-12H,2,13H2,1H3/b11-10+. The van der Waals surface area contributed by atoms with E-state index in [2.05, 4.69) is 10.1 Å². The Balaban J connectivity index is 1.58. The van der Waals surface area contributed by atoms with Crippen molar-refractivity contribution in [3.05, 3.63) is 71.1 Å². The third kappa shape index (κ3) is 5.18. The zero-order chi connectivity index (χ0) is 19.1. The maximum Gasteiger partial charge on any atom is 0.331 e. The van der Waals surface area contributed by atoms with Gasteiger partial charge in [0, 0.05) is 22.2 Å². The average Bonchev–Trinajstić information content (AvgIpc) is 3.15. The molecule has 0 N–H and O–H groups in total. The van der Waals surface area contributed by atoms with Crippen LogP contribution in [0.2, 0.25) is 5.02 Å². The average molecular weight is 385 g/mol. The summed E-state index contributed by atoms with van der Waals surface area (Å²) in [5.74, 6) is 0.752. The number of esters is 1. The van der Waals surface area contributed by atoms with E-state index in [0.29, 0.717) is 23.2 Å². The van der Waals surface area contributed by atoms with Crippen LogP contribution in [0.4, 0.5) is 0 Å². The van der Waals surface area contributed by atoms with Crippen molar-refractivity contribution in [3.8, 4) is 17.1 Å². The molecule has 0 radical (unpaired) electrons. The monoisotopic (exact) mass is 384 g/mol. The summed E-state index contributed by atoms with van der Waals surface area (Å²) in [7, 11) is 0. The van der Waals surface area contributed by atoms with E-state index in [1.807, 2.05) is 37.3 Å². The van der Waals surface area contributed by atoms with Crippen LogP contribution in [0.15, 0.2) is 59.1 Å². The fourth-order valence-electron chi connectivity index (χ4n) is 2.30. The van der Waals surface area contributed by atoms with Crippen molar-refractivity contribution in [1.82, 2.24) is 10.1 Å². The maximum atomic E-state index is 11.9. The molecule has 7 heteroatoms. The first-order valence-corrected chi connectivity index (χ1v) is 8.68. The summed E-state index contributed by atoms with van der Waals surface area (Å²) in [4.78, 5) is 16.1. The van der Waals surface area contributed by atoms with E-state index in [1.165, 1.54) is 6.08 Å². The zero-order valence-electron chi connectivity index (χ0n) is 14.6. The minimum absolute atomic E-state index is 0.121. The van der Waals surface area contributed by atoms with Crippen LogP contribution in [0.25, 0.3) is 17.5 Å². The molecule has 0 aliphatic heterocycles. The topological polar surface area (TPSA) is 74.5 Å². The molecular weight excluding hydrogens is 368 g/mol. The lowest BCUT2D eigenvalue weighted by Gasteiger charge is -2.06. The highest BCUT2D eigenvalue weighted by Gasteiger charge is 2.10. The van der Waals surface area contributed by atoms with E-state index in [9.17, 15) is 4.79 Å². The number of ether oxygens (including phenoxy) is 2. The van der Waals surface area contributed by atoms with Gasteiger partial charge in [-0.15, -0.1) is 0 Å². The summed E-state index contributed by atoms with van der Waals surface area (Å²) in [6.45, 7) is 2.32. The van der Waals surface area contributed by atoms with Crippen LogP contribution in [-0.4, -0.2) is 22.7 Å². The molecule has 0 aliphatic carbocycles. The smallest absolute Gasteiger partial charge is 0.331 e. The predicted molar refractivity (Wildman–Crippen MR) is 101 cm³/mol.